The summed E-state index contributed by atoms with van der Waals surface area (Å²) >= 11 is 0. The fourth-order valence-corrected chi connectivity index (χ4v) is 3.22. The van der Waals surface area contributed by atoms with Crippen molar-refractivity contribution in [3.05, 3.63) is 29.8 Å². The number of nitrogens with zero attached hydrogens (tertiary/aromatic N) is 3. The van der Waals surface area contributed by atoms with Gasteiger partial charge in [-0.15, -0.1) is 0 Å². The third-order valence-electron chi connectivity index (χ3n) is 4.30. The van der Waals surface area contributed by atoms with Crippen LogP contribution in [0, 0.1) is 11.3 Å². The van der Waals surface area contributed by atoms with Crippen LogP contribution in [0.2, 0.25) is 0 Å². The third kappa shape index (κ3) is 4.16. The minimum absolute atomic E-state index is 0.0342. The number of fused-ring (bicyclic) bond motifs is 2. The number of hydrogen-bond donors (Lipinski definition) is 1. The number of benzene rings is 1. The Morgan fingerprint density at radius 2 is 1.92 bits per heavy atom. The van der Waals surface area contributed by atoms with Gasteiger partial charge in [-0.25, -0.2) is 4.79 Å². The molecule has 128 valence electrons. The molecule has 2 bridgehead atoms. The summed E-state index contributed by atoms with van der Waals surface area (Å²) in [5, 5.41) is 17.9. The summed E-state index contributed by atoms with van der Waals surface area (Å²) in [6.07, 6.45) is -0.0408. The second-order valence-corrected chi connectivity index (χ2v) is 6.17. The van der Waals surface area contributed by atoms with E-state index in [9.17, 15) is 4.79 Å². The van der Waals surface area contributed by atoms with Gasteiger partial charge in [0.25, 0.3) is 0 Å². The maximum atomic E-state index is 11.1. The second-order valence-electron chi connectivity index (χ2n) is 6.17. The Bertz CT molecular complexity index is 599. The number of ether oxygens (including phenoxy) is 2. The van der Waals surface area contributed by atoms with E-state index in [1.165, 1.54) is 4.90 Å². The van der Waals surface area contributed by atoms with Crippen LogP contribution in [-0.4, -0.2) is 72.5 Å². The first-order chi connectivity index (χ1) is 11.6. The molecule has 0 spiro atoms. The van der Waals surface area contributed by atoms with Crippen molar-refractivity contribution < 1.29 is 19.4 Å². The van der Waals surface area contributed by atoms with Crippen molar-refractivity contribution in [2.45, 2.75) is 18.6 Å². The van der Waals surface area contributed by atoms with Crippen molar-refractivity contribution in [1.29, 1.82) is 5.26 Å². The van der Waals surface area contributed by atoms with Crippen LogP contribution >= 0.6 is 0 Å². The highest BCUT2D eigenvalue weighted by molar-refractivity contribution is 5.65. The molecule has 1 aromatic rings. The molecule has 0 radical (unpaired) electrons. The normalized spacial score (nSPS) is 23.5. The molecule has 2 aliphatic heterocycles. The predicted octanol–water partition coefficient (Wildman–Crippen LogP) is 1.39. The SMILES string of the molecule is N#Cc1ccc(OCCCN2CC3CN(C(=O)O)CC(C2)O3)cc1. The number of morpholine rings is 2. The summed E-state index contributed by atoms with van der Waals surface area (Å²) in [4.78, 5) is 14.8. The van der Waals surface area contributed by atoms with E-state index in [0.717, 1.165) is 31.8 Å². The molecule has 1 N–H and O–H groups in total. The molecule has 0 aliphatic carbocycles. The van der Waals surface area contributed by atoms with Gasteiger partial charge in [0, 0.05) is 19.6 Å². The number of hydrogen-bond acceptors (Lipinski definition) is 5. The summed E-state index contributed by atoms with van der Waals surface area (Å²) in [6.45, 7) is 3.93. The summed E-state index contributed by atoms with van der Waals surface area (Å²) in [5.74, 6) is 0.768. The zero-order chi connectivity index (χ0) is 16.9. The van der Waals surface area contributed by atoms with Crippen molar-refractivity contribution in [2.24, 2.45) is 0 Å². The fourth-order valence-electron chi connectivity index (χ4n) is 3.22. The van der Waals surface area contributed by atoms with Crippen LogP contribution in [0.15, 0.2) is 24.3 Å². The lowest BCUT2D eigenvalue weighted by molar-refractivity contribution is -0.132. The van der Waals surface area contributed by atoms with Gasteiger partial charge in [-0.3, -0.25) is 4.90 Å². The molecule has 2 heterocycles. The van der Waals surface area contributed by atoms with Crippen molar-refractivity contribution in [1.82, 2.24) is 9.80 Å². The van der Waals surface area contributed by atoms with E-state index in [-0.39, 0.29) is 12.2 Å². The Labute approximate surface area is 141 Å². The van der Waals surface area contributed by atoms with Crippen molar-refractivity contribution in [3.8, 4) is 11.8 Å². The maximum Gasteiger partial charge on any atom is 0.407 e. The smallest absolute Gasteiger partial charge is 0.407 e. The van der Waals surface area contributed by atoms with Gasteiger partial charge in [0.1, 0.15) is 5.75 Å². The second kappa shape index (κ2) is 7.51. The molecule has 0 aromatic heterocycles. The molecule has 3 rings (SSSR count). The molecule has 2 atom stereocenters. The van der Waals surface area contributed by atoms with E-state index in [2.05, 4.69) is 11.0 Å². The van der Waals surface area contributed by atoms with Gasteiger partial charge < -0.3 is 19.5 Å². The molecule has 2 unspecified atom stereocenters. The monoisotopic (exact) mass is 331 g/mol. The van der Waals surface area contributed by atoms with Gasteiger partial charge in [-0.1, -0.05) is 0 Å². The summed E-state index contributed by atoms with van der Waals surface area (Å²) < 4.78 is 11.5. The third-order valence-corrected chi connectivity index (χ3v) is 4.30. The summed E-state index contributed by atoms with van der Waals surface area (Å²) in [6, 6.07) is 9.17. The van der Waals surface area contributed by atoms with E-state index in [1.807, 2.05) is 0 Å². The van der Waals surface area contributed by atoms with Gasteiger partial charge in [0.05, 0.1) is 43.5 Å². The zero-order valence-corrected chi connectivity index (χ0v) is 13.4. The van der Waals surface area contributed by atoms with E-state index in [4.69, 9.17) is 19.8 Å². The van der Waals surface area contributed by atoms with Crippen LogP contribution in [0.3, 0.4) is 0 Å². The summed E-state index contributed by atoms with van der Waals surface area (Å²) in [7, 11) is 0. The lowest BCUT2D eigenvalue weighted by atomic mass is 10.1. The first kappa shape index (κ1) is 16.6. The quantitative estimate of drug-likeness (QED) is 0.821. The maximum absolute atomic E-state index is 11.1. The Hall–Kier alpha value is -2.30. The molecular weight excluding hydrogens is 310 g/mol. The minimum atomic E-state index is -0.863. The zero-order valence-electron chi connectivity index (χ0n) is 13.4. The van der Waals surface area contributed by atoms with Gasteiger partial charge >= 0.3 is 6.09 Å². The number of carboxylic acid groups (broad SMARTS) is 1. The van der Waals surface area contributed by atoms with Crippen molar-refractivity contribution in [2.75, 3.05) is 39.3 Å². The van der Waals surface area contributed by atoms with Crippen molar-refractivity contribution >= 4 is 6.09 Å². The molecule has 1 aromatic carbocycles. The van der Waals surface area contributed by atoms with E-state index in [0.29, 0.717) is 25.3 Å². The largest absolute Gasteiger partial charge is 0.494 e. The highest BCUT2D eigenvalue weighted by Gasteiger charge is 2.36. The van der Waals surface area contributed by atoms with Crippen LogP contribution < -0.4 is 4.74 Å². The first-order valence-electron chi connectivity index (χ1n) is 8.12. The Kier molecular flexibility index (Phi) is 5.18. The number of carbonyl (C=O) groups is 1. The topological polar surface area (TPSA) is 86.0 Å². The molecule has 7 heteroatoms. The number of nitriles is 1. The van der Waals surface area contributed by atoms with Gasteiger partial charge in [-0.05, 0) is 30.7 Å². The fraction of sp³-hybridized carbons (Fsp3) is 0.529. The molecule has 0 saturated carbocycles. The Balaban J connectivity index is 1.39. The molecule has 2 aliphatic rings. The molecule has 2 saturated heterocycles. The van der Waals surface area contributed by atoms with Crippen LogP contribution in [0.4, 0.5) is 4.79 Å². The van der Waals surface area contributed by atoms with Crippen LogP contribution in [0.25, 0.3) is 0 Å². The van der Waals surface area contributed by atoms with E-state index in [1.54, 1.807) is 24.3 Å². The minimum Gasteiger partial charge on any atom is -0.494 e. The number of rotatable bonds is 5. The Morgan fingerprint density at radius 3 is 2.50 bits per heavy atom. The molecule has 2 fully saturated rings. The molecular formula is C17H21N3O4. The molecule has 24 heavy (non-hydrogen) atoms. The molecule has 7 nitrogen and oxygen atoms in total. The lowest BCUT2D eigenvalue weighted by Gasteiger charge is -2.44. The van der Waals surface area contributed by atoms with E-state index < -0.39 is 6.09 Å². The lowest BCUT2D eigenvalue weighted by Crippen LogP contribution is -2.60. The van der Waals surface area contributed by atoms with Crippen LogP contribution in [-0.2, 0) is 4.74 Å². The van der Waals surface area contributed by atoms with E-state index >= 15 is 0 Å². The first-order valence-corrected chi connectivity index (χ1v) is 8.12. The average Bonchev–Trinajstić information content (AvgIpc) is 2.58. The summed E-state index contributed by atoms with van der Waals surface area (Å²) in [5.41, 5.74) is 0.623. The standard InChI is InChI=1S/C17H21N3O4/c18-8-13-2-4-14(5-3-13)23-7-1-6-19-9-15-11-20(17(21)22)12-16(10-19)24-15/h2-5,15-16H,1,6-7,9-12H2,(H,21,22). The van der Waals surface area contributed by atoms with Gasteiger partial charge in [-0.2, -0.15) is 5.26 Å². The highest BCUT2D eigenvalue weighted by atomic mass is 16.5. The van der Waals surface area contributed by atoms with Gasteiger partial charge in [0.15, 0.2) is 0 Å². The highest BCUT2D eigenvalue weighted by Crippen LogP contribution is 2.19. The van der Waals surface area contributed by atoms with Crippen LogP contribution in [0.1, 0.15) is 12.0 Å². The Morgan fingerprint density at radius 1 is 1.25 bits per heavy atom. The number of amides is 1. The molecule has 1 amide bonds. The van der Waals surface area contributed by atoms with Gasteiger partial charge in [0.2, 0.25) is 0 Å². The van der Waals surface area contributed by atoms with Crippen molar-refractivity contribution in [3.63, 3.8) is 0 Å². The predicted molar refractivity (Wildman–Crippen MR) is 86.0 cm³/mol. The van der Waals surface area contributed by atoms with Crippen LogP contribution in [0.5, 0.6) is 5.75 Å². The average molecular weight is 331 g/mol.